The van der Waals surface area contributed by atoms with E-state index in [2.05, 4.69) is 0 Å². The third-order valence-electron chi connectivity index (χ3n) is 5.60. The lowest BCUT2D eigenvalue weighted by Crippen LogP contribution is -2.34. The van der Waals surface area contributed by atoms with Crippen molar-refractivity contribution >= 4 is 5.91 Å². The molecule has 0 saturated heterocycles. The van der Waals surface area contributed by atoms with Crippen LogP contribution in [0.1, 0.15) is 49.7 Å². The predicted molar refractivity (Wildman–Crippen MR) is 103 cm³/mol. The molecule has 3 rings (SSSR count). The van der Waals surface area contributed by atoms with Gasteiger partial charge in [-0.2, -0.15) is 0 Å². The summed E-state index contributed by atoms with van der Waals surface area (Å²) in [5, 5.41) is 9.15. The summed E-state index contributed by atoms with van der Waals surface area (Å²) < 4.78 is 11.9. The minimum Gasteiger partial charge on any atom is -0.459 e. The third-order valence-corrected chi connectivity index (χ3v) is 5.60. The maximum atomic E-state index is 12.5. The van der Waals surface area contributed by atoms with Crippen molar-refractivity contribution in [3.05, 3.63) is 47.2 Å². The summed E-state index contributed by atoms with van der Waals surface area (Å²) in [7, 11) is 3.49. The van der Waals surface area contributed by atoms with Gasteiger partial charge in [0.25, 0.3) is 5.91 Å². The van der Waals surface area contributed by atoms with Gasteiger partial charge in [-0.05, 0) is 41.9 Å². The Balaban J connectivity index is 1.66. The zero-order valence-electron chi connectivity index (χ0n) is 16.4. The van der Waals surface area contributed by atoms with E-state index in [1.165, 1.54) is 32.1 Å². The van der Waals surface area contributed by atoms with E-state index >= 15 is 0 Å². The monoisotopic (exact) mass is 373 g/mol. The molecule has 1 amide bonds. The van der Waals surface area contributed by atoms with Crippen molar-refractivity contribution in [3.8, 4) is 0 Å². The zero-order chi connectivity index (χ0) is 19.2. The lowest BCUT2D eigenvalue weighted by molar-refractivity contribution is -0.159. The first-order valence-electron chi connectivity index (χ1n) is 9.97. The Morgan fingerprint density at radius 3 is 2.44 bits per heavy atom. The molecule has 0 unspecified atom stereocenters. The first-order chi connectivity index (χ1) is 13.1. The van der Waals surface area contributed by atoms with Crippen LogP contribution in [0.2, 0.25) is 0 Å². The number of nitrogens with zero attached hydrogens (tertiary/aromatic N) is 1. The van der Waals surface area contributed by atoms with Crippen LogP contribution in [0, 0.1) is 11.8 Å². The quantitative estimate of drug-likeness (QED) is 0.828. The van der Waals surface area contributed by atoms with Crippen molar-refractivity contribution in [2.75, 3.05) is 14.1 Å². The number of ether oxygens (including phenoxy) is 2. The molecule has 1 fully saturated rings. The summed E-state index contributed by atoms with van der Waals surface area (Å²) in [6.45, 7) is 0.466. The Kier molecular flexibility index (Phi) is 6.91. The maximum absolute atomic E-state index is 12.5. The molecule has 2 atom stereocenters. The number of amides is 1. The fraction of sp³-hybridized carbons (Fsp3) is 0.591. The molecule has 0 bridgehead atoms. The average molecular weight is 373 g/mol. The van der Waals surface area contributed by atoms with Gasteiger partial charge in [0.2, 0.25) is 6.29 Å². The fourth-order valence-electron chi connectivity index (χ4n) is 3.98. The topological polar surface area (TPSA) is 59.0 Å². The minimum absolute atomic E-state index is 0.0384. The van der Waals surface area contributed by atoms with Crippen LogP contribution in [0.3, 0.4) is 0 Å². The van der Waals surface area contributed by atoms with E-state index in [0.29, 0.717) is 24.2 Å². The summed E-state index contributed by atoms with van der Waals surface area (Å²) in [5.41, 5.74) is 1.91. The number of allylic oxidation sites excluding steroid dienone is 1. The highest BCUT2D eigenvalue weighted by molar-refractivity contribution is 5.91. The smallest absolute Gasteiger partial charge is 0.288 e. The fourth-order valence-corrected chi connectivity index (χ4v) is 3.98. The number of carbonyl (C=O) groups is 1. The summed E-state index contributed by atoms with van der Waals surface area (Å²) >= 11 is 0. The van der Waals surface area contributed by atoms with E-state index in [0.717, 1.165) is 17.5 Å². The van der Waals surface area contributed by atoms with E-state index in [1.54, 1.807) is 19.0 Å². The minimum atomic E-state index is -0.404. The van der Waals surface area contributed by atoms with Crippen molar-refractivity contribution in [1.82, 2.24) is 4.90 Å². The molecular formula is C22H31NO4. The number of carbonyl (C=O) groups excluding carboxylic acids is 1. The summed E-state index contributed by atoms with van der Waals surface area (Å²) in [6.07, 6.45) is 8.73. The lowest BCUT2D eigenvalue weighted by Gasteiger charge is -2.35. The number of aliphatic hydroxyl groups excluding tert-OH is 1. The number of benzene rings is 1. The third kappa shape index (κ3) is 5.33. The molecule has 1 heterocycles. The molecule has 0 spiro atoms. The number of aliphatic hydroxyl groups is 1. The normalized spacial score (nSPS) is 23.4. The van der Waals surface area contributed by atoms with Crippen LogP contribution >= 0.6 is 0 Å². The predicted octanol–water partition coefficient (Wildman–Crippen LogP) is 3.61. The molecule has 27 heavy (non-hydrogen) atoms. The van der Waals surface area contributed by atoms with E-state index < -0.39 is 6.29 Å². The molecule has 1 aliphatic carbocycles. The van der Waals surface area contributed by atoms with Crippen molar-refractivity contribution in [3.63, 3.8) is 0 Å². The number of rotatable bonds is 6. The van der Waals surface area contributed by atoms with Crippen LogP contribution in [-0.4, -0.2) is 36.3 Å². The van der Waals surface area contributed by atoms with Crippen LogP contribution in [0.25, 0.3) is 0 Å². The van der Waals surface area contributed by atoms with Gasteiger partial charge in [0.15, 0.2) is 5.76 Å². The van der Waals surface area contributed by atoms with Gasteiger partial charge < -0.3 is 19.5 Å². The Morgan fingerprint density at radius 1 is 1.15 bits per heavy atom. The van der Waals surface area contributed by atoms with Gasteiger partial charge in [-0.1, -0.05) is 43.5 Å². The van der Waals surface area contributed by atoms with E-state index in [1.807, 2.05) is 30.3 Å². The number of hydrogen-bond donors (Lipinski definition) is 1. The lowest BCUT2D eigenvalue weighted by atomic mass is 9.77. The van der Waals surface area contributed by atoms with Crippen LogP contribution in [0.15, 0.2) is 36.1 Å². The second-order valence-electron chi connectivity index (χ2n) is 7.86. The van der Waals surface area contributed by atoms with E-state index in [4.69, 9.17) is 14.6 Å². The molecule has 2 aliphatic rings. The summed E-state index contributed by atoms with van der Waals surface area (Å²) in [4.78, 5) is 14.0. The molecule has 1 aromatic rings. The van der Waals surface area contributed by atoms with Crippen molar-refractivity contribution in [1.29, 1.82) is 0 Å². The molecule has 0 aromatic heterocycles. The zero-order valence-corrected chi connectivity index (χ0v) is 16.4. The van der Waals surface area contributed by atoms with Crippen LogP contribution in [0.4, 0.5) is 0 Å². The molecule has 148 valence electrons. The van der Waals surface area contributed by atoms with Crippen molar-refractivity contribution in [2.24, 2.45) is 11.8 Å². The highest BCUT2D eigenvalue weighted by Crippen LogP contribution is 2.37. The van der Waals surface area contributed by atoms with Gasteiger partial charge in [0.1, 0.15) is 0 Å². The highest BCUT2D eigenvalue weighted by Gasteiger charge is 2.33. The SMILES string of the molecule is CN(C)C(=O)C1=C[C@@H](C2CCCCC2)C[C@@H](OCc2ccc(CO)cc2)O1. The molecular weight excluding hydrogens is 342 g/mol. The van der Waals surface area contributed by atoms with Gasteiger partial charge in [-0.25, -0.2) is 0 Å². The second kappa shape index (κ2) is 9.38. The highest BCUT2D eigenvalue weighted by atomic mass is 16.7. The average Bonchev–Trinajstić information content (AvgIpc) is 2.72. The Morgan fingerprint density at radius 2 is 1.81 bits per heavy atom. The van der Waals surface area contributed by atoms with Gasteiger partial charge in [0, 0.05) is 20.5 Å². The summed E-state index contributed by atoms with van der Waals surface area (Å²) in [5.74, 6) is 1.26. The van der Waals surface area contributed by atoms with Gasteiger partial charge in [-0.3, -0.25) is 4.79 Å². The molecule has 0 radical (unpaired) electrons. The van der Waals surface area contributed by atoms with Gasteiger partial charge >= 0.3 is 0 Å². The van der Waals surface area contributed by atoms with Crippen molar-refractivity contribution in [2.45, 2.75) is 58.0 Å². The molecule has 1 aromatic carbocycles. The van der Waals surface area contributed by atoms with Crippen LogP contribution in [-0.2, 0) is 27.5 Å². The van der Waals surface area contributed by atoms with Gasteiger partial charge in [-0.15, -0.1) is 0 Å². The molecule has 5 nitrogen and oxygen atoms in total. The molecule has 5 heteroatoms. The van der Waals surface area contributed by atoms with Crippen molar-refractivity contribution < 1.29 is 19.4 Å². The second-order valence-corrected chi connectivity index (χ2v) is 7.86. The first-order valence-corrected chi connectivity index (χ1v) is 9.97. The van der Waals surface area contributed by atoms with E-state index in [9.17, 15) is 4.79 Å². The Hall–Kier alpha value is -1.85. The first kappa shape index (κ1) is 19.9. The maximum Gasteiger partial charge on any atom is 0.288 e. The summed E-state index contributed by atoms with van der Waals surface area (Å²) in [6, 6.07) is 7.70. The number of hydrogen-bond acceptors (Lipinski definition) is 4. The largest absolute Gasteiger partial charge is 0.459 e. The number of likely N-dealkylation sites (N-methyl/N-ethyl adjacent to an activating group) is 1. The van der Waals surface area contributed by atoms with Gasteiger partial charge in [0.05, 0.1) is 13.2 Å². The Labute approximate surface area is 162 Å². The molecule has 1 N–H and O–H groups in total. The molecule has 1 saturated carbocycles. The van der Waals surface area contributed by atoms with E-state index in [-0.39, 0.29) is 12.5 Å². The van der Waals surface area contributed by atoms with Crippen LogP contribution in [0.5, 0.6) is 0 Å². The standard InChI is InChI=1S/C22H31NO4/c1-23(2)22(25)20-12-19(18-6-4-3-5-7-18)13-21(27-20)26-15-17-10-8-16(14-24)9-11-17/h8-12,18-19,21,24H,3-7,13-15H2,1-2H3/t19-,21+/m1/s1. The van der Waals surface area contributed by atoms with Crippen LogP contribution < -0.4 is 0 Å². The molecule has 1 aliphatic heterocycles. The Bertz CT molecular complexity index is 647.